The molecule has 2 N–H and O–H groups in total. The molecule has 1 rings (SSSR count). The maximum atomic E-state index is 6.10. The number of nitrogen functional groups attached to an aromatic ring is 1. The van der Waals surface area contributed by atoms with E-state index in [0.29, 0.717) is 19.0 Å². The van der Waals surface area contributed by atoms with E-state index >= 15 is 0 Å². The smallest absolute Gasteiger partial charge is 0.128 e. The van der Waals surface area contributed by atoms with Crippen LogP contribution in [0.2, 0.25) is 0 Å². The van der Waals surface area contributed by atoms with Crippen molar-refractivity contribution in [3.8, 4) is 12.3 Å². The summed E-state index contributed by atoms with van der Waals surface area (Å²) in [6, 6.07) is 0. The van der Waals surface area contributed by atoms with Crippen LogP contribution in [0.5, 0.6) is 0 Å². The lowest BCUT2D eigenvalue weighted by molar-refractivity contribution is 0.183. The zero-order valence-corrected chi connectivity index (χ0v) is 10.9. The van der Waals surface area contributed by atoms with Gasteiger partial charge < -0.3 is 15.0 Å². The molecule has 0 saturated carbocycles. The second-order valence-electron chi connectivity index (χ2n) is 4.20. The van der Waals surface area contributed by atoms with Gasteiger partial charge >= 0.3 is 0 Å². The summed E-state index contributed by atoms with van der Waals surface area (Å²) in [7, 11) is 1.68. The highest BCUT2D eigenvalue weighted by molar-refractivity contribution is 5.41. The molecule has 1 heterocycles. The minimum Gasteiger partial charge on any atom is -0.384 e. The van der Waals surface area contributed by atoms with Gasteiger partial charge in [0.25, 0.3) is 0 Å². The van der Waals surface area contributed by atoms with E-state index in [1.165, 1.54) is 0 Å². The summed E-state index contributed by atoms with van der Waals surface area (Å²) >= 11 is 0. The molecule has 0 aliphatic carbocycles. The molecule has 0 aliphatic heterocycles. The molecule has 0 radical (unpaired) electrons. The molecule has 0 spiro atoms. The predicted molar refractivity (Wildman–Crippen MR) is 69.8 cm³/mol. The third-order valence-corrected chi connectivity index (χ3v) is 2.72. The fraction of sp³-hybridized carbons (Fsp3) is 0.615. The molecule has 1 unspecified atom stereocenters. The Morgan fingerprint density at radius 3 is 2.82 bits per heavy atom. The Morgan fingerprint density at radius 1 is 1.59 bits per heavy atom. The lowest BCUT2D eigenvalue weighted by atomic mass is 10.1. The molecule has 1 aromatic heterocycles. The summed E-state index contributed by atoms with van der Waals surface area (Å²) in [5.74, 6) is 4.46. The zero-order chi connectivity index (χ0) is 12.8. The second-order valence-corrected chi connectivity index (χ2v) is 4.20. The van der Waals surface area contributed by atoms with Gasteiger partial charge in [-0.25, -0.2) is 4.98 Å². The summed E-state index contributed by atoms with van der Waals surface area (Å²) in [5.41, 5.74) is 7.00. The topological polar surface area (TPSA) is 53.1 Å². The van der Waals surface area contributed by atoms with Crippen LogP contribution >= 0.6 is 0 Å². The molecule has 0 aromatic carbocycles. The van der Waals surface area contributed by atoms with E-state index < -0.39 is 0 Å². The summed E-state index contributed by atoms with van der Waals surface area (Å²) in [5, 5.41) is 0. The molecular formula is C13H21N3O. The summed E-state index contributed by atoms with van der Waals surface area (Å²) in [6.45, 7) is 5.26. The number of ether oxygens (including phenoxy) is 1. The first kappa shape index (κ1) is 13.6. The van der Waals surface area contributed by atoms with E-state index in [-0.39, 0.29) is 5.92 Å². The molecule has 0 fully saturated rings. The van der Waals surface area contributed by atoms with E-state index in [0.717, 1.165) is 24.4 Å². The highest BCUT2D eigenvalue weighted by atomic mass is 16.5. The Hall–Kier alpha value is -1.47. The largest absolute Gasteiger partial charge is 0.384 e. The van der Waals surface area contributed by atoms with Gasteiger partial charge in [-0.3, -0.25) is 0 Å². The number of aromatic nitrogens is 2. The van der Waals surface area contributed by atoms with Crippen LogP contribution in [0.25, 0.3) is 0 Å². The average molecular weight is 235 g/mol. The molecule has 0 bridgehead atoms. The third-order valence-electron chi connectivity index (χ3n) is 2.72. The number of nitrogens with zero attached hydrogens (tertiary/aromatic N) is 2. The number of hydrogen-bond donors (Lipinski definition) is 1. The Balaban J connectivity index is 3.07. The molecule has 4 heteroatoms. The Morgan fingerprint density at radius 2 is 2.29 bits per heavy atom. The van der Waals surface area contributed by atoms with Crippen molar-refractivity contribution in [2.45, 2.75) is 39.2 Å². The van der Waals surface area contributed by atoms with Crippen LogP contribution in [-0.4, -0.2) is 23.3 Å². The van der Waals surface area contributed by atoms with Crippen molar-refractivity contribution in [2.24, 2.45) is 0 Å². The average Bonchev–Trinajstić information content (AvgIpc) is 2.59. The van der Waals surface area contributed by atoms with Gasteiger partial charge in [-0.1, -0.05) is 19.8 Å². The summed E-state index contributed by atoms with van der Waals surface area (Å²) in [6.07, 6.45) is 7.28. The van der Waals surface area contributed by atoms with Crippen LogP contribution < -0.4 is 5.73 Å². The van der Waals surface area contributed by atoms with Crippen LogP contribution in [0.3, 0.4) is 0 Å². The van der Waals surface area contributed by atoms with Crippen LogP contribution in [0.15, 0.2) is 0 Å². The lowest BCUT2D eigenvalue weighted by Crippen LogP contribution is -2.08. The number of methoxy groups -OCH3 is 1. The molecule has 1 atom stereocenters. The number of anilines is 1. The van der Waals surface area contributed by atoms with E-state index in [1.807, 2.05) is 4.57 Å². The molecule has 0 amide bonds. The van der Waals surface area contributed by atoms with Gasteiger partial charge in [0.05, 0.1) is 18.8 Å². The molecule has 0 aliphatic rings. The second kappa shape index (κ2) is 6.31. The summed E-state index contributed by atoms with van der Waals surface area (Å²) in [4.78, 5) is 4.60. The zero-order valence-electron chi connectivity index (χ0n) is 10.9. The van der Waals surface area contributed by atoms with Crippen molar-refractivity contribution in [2.75, 3.05) is 19.5 Å². The highest BCUT2D eigenvalue weighted by Gasteiger charge is 2.18. The van der Waals surface area contributed by atoms with Crippen LogP contribution in [-0.2, 0) is 17.7 Å². The molecule has 4 nitrogen and oxygen atoms in total. The van der Waals surface area contributed by atoms with Gasteiger partial charge in [-0.15, -0.1) is 6.42 Å². The lowest BCUT2D eigenvalue weighted by Gasteiger charge is -2.08. The minimum atomic E-state index is 0.189. The number of hydrogen-bond acceptors (Lipinski definition) is 3. The van der Waals surface area contributed by atoms with E-state index in [9.17, 15) is 0 Å². The maximum absolute atomic E-state index is 6.10. The normalized spacial score (nSPS) is 12.4. The fourth-order valence-electron chi connectivity index (χ4n) is 1.91. The van der Waals surface area contributed by atoms with Gasteiger partial charge in [0.1, 0.15) is 11.6 Å². The molecule has 0 saturated heterocycles. The first-order valence-corrected chi connectivity index (χ1v) is 5.92. The van der Waals surface area contributed by atoms with Crippen LogP contribution in [0.4, 0.5) is 5.82 Å². The third kappa shape index (κ3) is 3.01. The number of rotatable bonds is 6. The van der Waals surface area contributed by atoms with Crippen molar-refractivity contribution in [3.05, 3.63) is 11.5 Å². The quantitative estimate of drug-likeness (QED) is 0.765. The molecular weight excluding hydrogens is 214 g/mol. The van der Waals surface area contributed by atoms with Gasteiger partial charge in [0, 0.05) is 19.4 Å². The van der Waals surface area contributed by atoms with E-state index in [1.54, 1.807) is 7.11 Å². The van der Waals surface area contributed by atoms with Crippen LogP contribution in [0, 0.1) is 12.3 Å². The van der Waals surface area contributed by atoms with Crippen molar-refractivity contribution in [3.63, 3.8) is 0 Å². The number of terminal acetylenes is 1. The van der Waals surface area contributed by atoms with Gasteiger partial charge in [-0.2, -0.15) is 0 Å². The Bertz CT molecular complexity index is 404. The van der Waals surface area contributed by atoms with Crippen molar-refractivity contribution < 1.29 is 4.74 Å². The monoisotopic (exact) mass is 235 g/mol. The maximum Gasteiger partial charge on any atom is 0.128 e. The van der Waals surface area contributed by atoms with E-state index in [2.05, 4.69) is 24.8 Å². The highest BCUT2D eigenvalue weighted by Crippen LogP contribution is 2.23. The van der Waals surface area contributed by atoms with E-state index in [4.69, 9.17) is 16.9 Å². The Kier molecular flexibility index (Phi) is 5.05. The number of aryl methyl sites for hydroxylation is 1. The SMILES string of the molecule is C#CCn1c(CCC)nc(C(C)COC)c1N. The first-order chi connectivity index (χ1) is 8.15. The van der Waals surface area contributed by atoms with Crippen molar-refractivity contribution in [1.82, 2.24) is 9.55 Å². The van der Waals surface area contributed by atoms with Crippen molar-refractivity contribution in [1.29, 1.82) is 0 Å². The fourth-order valence-corrected chi connectivity index (χ4v) is 1.91. The van der Waals surface area contributed by atoms with Gasteiger partial charge in [-0.05, 0) is 6.42 Å². The van der Waals surface area contributed by atoms with Gasteiger partial charge in [0.2, 0.25) is 0 Å². The molecule has 94 valence electrons. The first-order valence-electron chi connectivity index (χ1n) is 5.92. The Labute approximate surface area is 103 Å². The van der Waals surface area contributed by atoms with Crippen molar-refractivity contribution >= 4 is 5.82 Å². The van der Waals surface area contributed by atoms with Crippen LogP contribution in [0.1, 0.15) is 37.7 Å². The summed E-state index contributed by atoms with van der Waals surface area (Å²) < 4.78 is 7.06. The molecule has 1 aromatic rings. The predicted octanol–water partition coefficient (Wildman–Crippen LogP) is 1.80. The number of imidazole rings is 1. The minimum absolute atomic E-state index is 0.189. The molecule has 17 heavy (non-hydrogen) atoms. The standard InChI is InChI=1S/C13H21N3O/c1-5-7-11-15-12(10(3)9-17-4)13(14)16(11)8-6-2/h2,10H,5,7-9,14H2,1,3-4H3. The number of nitrogens with two attached hydrogens (primary N) is 1. The van der Waals surface area contributed by atoms with Gasteiger partial charge in [0.15, 0.2) is 0 Å².